The van der Waals surface area contributed by atoms with E-state index in [4.69, 9.17) is 0 Å². The third-order valence-corrected chi connectivity index (χ3v) is 33.5. The van der Waals surface area contributed by atoms with Crippen LogP contribution in [-0.2, 0) is 16.2 Å². The number of hydrogen-bond acceptors (Lipinski definition) is 3. The fourth-order valence-electron chi connectivity index (χ4n) is 24.1. The van der Waals surface area contributed by atoms with E-state index in [2.05, 4.69) is 406 Å². The molecule has 28 rings (SSSR count). The number of benzene rings is 22. The van der Waals surface area contributed by atoms with Crippen LogP contribution in [0.5, 0.6) is 0 Å². The van der Waals surface area contributed by atoms with E-state index in [-0.39, 0.29) is 0 Å². The number of thiophene rings is 3. The van der Waals surface area contributed by atoms with Gasteiger partial charge in [-0.1, -0.05) is 315 Å². The van der Waals surface area contributed by atoms with Gasteiger partial charge in [-0.2, -0.15) is 0 Å². The predicted octanol–water partition coefficient (Wildman–Crippen LogP) is 36.1. The Hall–Kier alpha value is -14.2. The third-order valence-electron chi connectivity index (χ3n) is 29.9. The molecule has 0 N–H and O–H groups in total. The molecule has 0 radical (unpaired) electrons. The molecule has 0 nitrogen and oxygen atoms in total. The van der Waals surface area contributed by atoms with Gasteiger partial charge in [0.15, 0.2) is 0 Å². The van der Waals surface area contributed by atoms with E-state index in [0.29, 0.717) is 0 Å². The van der Waals surface area contributed by atoms with Crippen LogP contribution in [-0.4, -0.2) is 0 Å². The van der Waals surface area contributed by atoms with Gasteiger partial charge in [-0.15, -0.1) is 34.0 Å². The van der Waals surface area contributed by atoms with Crippen molar-refractivity contribution in [1.29, 1.82) is 0 Å². The molecular formula is C123H78S3. The fraction of sp³-hybridized carbons (Fsp3) is 0.0732. The smallest absolute Gasteiger partial charge is 0.0433 e. The van der Waals surface area contributed by atoms with E-state index in [9.17, 15) is 0 Å². The first-order valence-corrected chi connectivity index (χ1v) is 46.8. The predicted molar refractivity (Wildman–Crippen MR) is 548 cm³/mol. The molecule has 0 fully saturated rings. The Bertz CT molecular complexity index is 8450. The standard InChI is InChI=1S/C123H78S3/c1-121(2)106-64-100-85-52-49-70(67-25-19-28-73(55-67)76-40-22-43-91-88-37-13-16-46-109(88)124-118(76)91)58-94(85)79-31-7-10-34-82(79)97(100)61-103(106)112-115(121)113-104-62-98-83-35-11-8-32-80(83)95-59-71(68-26-20-29-74(56-68)77-41-23-44-92-89-38-14-17-47-110(89)125-119(77)92)50-53-86(95)101(98)65-107(104)122(3,4)117(113)114-105-63-99-84-36-12-9-33-81(84)96-60-72(51-54-87(96)102(99)66-108(105)123(5,6)116(112)114)69-27-21-30-75(57-69)78-42-24-45-93-90-39-15-18-48-111(90)126-120(78)93/h7-66H,1-6H3. The van der Waals surface area contributed by atoms with Gasteiger partial charge in [-0.25, -0.2) is 0 Å². The molecule has 22 aromatic carbocycles. The summed E-state index contributed by atoms with van der Waals surface area (Å²) in [5, 5.41) is 31.0. The van der Waals surface area contributed by atoms with Crippen molar-refractivity contribution in [3.8, 4) is 100 Å². The maximum atomic E-state index is 2.67. The molecule has 3 aliphatic rings. The molecule has 0 amide bonds. The van der Waals surface area contributed by atoms with Crippen LogP contribution >= 0.6 is 34.0 Å². The number of hydrogen-bond donors (Lipinski definition) is 0. The van der Waals surface area contributed by atoms with Crippen molar-refractivity contribution < 1.29 is 0 Å². The summed E-state index contributed by atoms with van der Waals surface area (Å²) in [5.74, 6) is 0. The van der Waals surface area contributed by atoms with Crippen molar-refractivity contribution in [2.75, 3.05) is 0 Å². The van der Waals surface area contributed by atoms with Gasteiger partial charge in [0.1, 0.15) is 0 Å². The monoisotopic (exact) mass is 1650 g/mol. The highest BCUT2D eigenvalue weighted by atomic mass is 32.1. The summed E-state index contributed by atoms with van der Waals surface area (Å²) in [6.45, 7) is 15.5. The lowest BCUT2D eigenvalue weighted by molar-refractivity contribution is 0.636. The first kappa shape index (κ1) is 71.3. The highest BCUT2D eigenvalue weighted by Crippen LogP contribution is 2.69. The van der Waals surface area contributed by atoms with Crippen LogP contribution in [0.2, 0.25) is 0 Å². The van der Waals surface area contributed by atoms with Crippen LogP contribution in [0.25, 0.3) is 258 Å². The van der Waals surface area contributed by atoms with Crippen molar-refractivity contribution in [3.63, 3.8) is 0 Å². The van der Waals surface area contributed by atoms with Gasteiger partial charge in [-0.05, 0) is 321 Å². The molecule has 25 aromatic rings. The van der Waals surface area contributed by atoms with Crippen molar-refractivity contribution in [2.24, 2.45) is 0 Å². The molecule has 3 aromatic heterocycles. The van der Waals surface area contributed by atoms with E-state index in [0.717, 1.165) is 0 Å². The molecule has 0 atom stereocenters. The van der Waals surface area contributed by atoms with Gasteiger partial charge < -0.3 is 0 Å². The minimum absolute atomic E-state index is 0.449. The summed E-state index contributed by atoms with van der Waals surface area (Å²) in [6.07, 6.45) is 0. The number of fused-ring (bicyclic) bond motifs is 39. The first-order chi connectivity index (χ1) is 61.7. The molecule has 0 bridgehead atoms. The molecule has 0 saturated carbocycles. The summed E-state index contributed by atoms with van der Waals surface area (Å²) in [5.41, 5.74) is 30.3. The highest BCUT2D eigenvalue weighted by molar-refractivity contribution is 7.27. The van der Waals surface area contributed by atoms with Gasteiger partial charge in [0.2, 0.25) is 0 Å². The number of rotatable bonds is 6. The van der Waals surface area contributed by atoms with Crippen LogP contribution in [0.1, 0.15) is 74.9 Å². The Morgan fingerprint density at radius 1 is 0.151 bits per heavy atom. The van der Waals surface area contributed by atoms with Crippen LogP contribution in [0, 0.1) is 0 Å². The van der Waals surface area contributed by atoms with Gasteiger partial charge in [-0.3, -0.25) is 0 Å². The van der Waals surface area contributed by atoms with E-state index in [1.54, 1.807) is 0 Å². The van der Waals surface area contributed by atoms with E-state index in [1.807, 2.05) is 34.0 Å². The lowest BCUT2D eigenvalue weighted by atomic mass is 9.71. The minimum atomic E-state index is -0.449. The molecule has 0 saturated heterocycles. The van der Waals surface area contributed by atoms with Crippen LogP contribution in [0.4, 0.5) is 0 Å². The SMILES string of the molecule is CC1(C)c2cc3c4ccc(-c5cccc(-c6cccc7c6sc6ccccc67)c5)cc4c4ccccc4c3cc2-c2c1c1c(c3c2C(C)(C)c2cc4c5ccc(-c6cccc(-c7cccc8c7sc7ccccc78)c6)cc5c5ccccc5c4cc2-3)C(C)(C)c2cc3c4ccc(-c5cccc(-c6cccc7c6sc6ccccc67)c5)cc4c4ccccc4c3cc2-1. The van der Waals surface area contributed by atoms with Crippen LogP contribution in [0.15, 0.2) is 364 Å². The topological polar surface area (TPSA) is 0 Å². The molecule has 3 heteroatoms. The highest BCUT2D eigenvalue weighted by Gasteiger charge is 2.53. The average molecular weight is 1650 g/mol. The zero-order valence-electron chi connectivity index (χ0n) is 70.4. The van der Waals surface area contributed by atoms with E-state index in [1.165, 1.54) is 291 Å². The Labute approximate surface area is 740 Å². The summed E-state index contributed by atoms with van der Waals surface area (Å²) >= 11 is 5.70. The average Bonchev–Trinajstić information content (AvgIpc) is 1.48. The third kappa shape index (κ3) is 9.67. The molecule has 126 heavy (non-hydrogen) atoms. The summed E-state index contributed by atoms with van der Waals surface area (Å²) < 4.78 is 7.98. The van der Waals surface area contributed by atoms with E-state index >= 15 is 0 Å². The first-order valence-electron chi connectivity index (χ1n) is 44.3. The Kier molecular flexibility index (Phi) is 14.4. The second-order valence-corrected chi connectivity index (χ2v) is 40.6. The summed E-state index contributed by atoms with van der Waals surface area (Å²) in [6, 6.07) is 141. The molecule has 588 valence electrons. The second-order valence-electron chi connectivity index (χ2n) is 37.5. The van der Waals surface area contributed by atoms with Gasteiger partial charge >= 0.3 is 0 Å². The quantitative estimate of drug-likeness (QED) is 0.146. The lowest BCUT2D eigenvalue weighted by Crippen LogP contribution is -2.22. The van der Waals surface area contributed by atoms with Crippen molar-refractivity contribution >= 4 is 191 Å². The largest absolute Gasteiger partial charge is 0.135 e. The summed E-state index contributed by atoms with van der Waals surface area (Å²) in [7, 11) is 0. The lowest BCUT2D eigenvalue weighted by Gasteiger charge is -2.31. The normalized spacial score (nSPS) is 14.1. The zero-order chi connectivity index (χ0) is 83.2. The van der Waals surface area contributed by atoms with Gasteiger partial charge in [0.25, 0.3) is 0 Å². The summed E-state index contributed by atoms with van der Waals surface area (Å²) in [4.78, 5) is 0. The van der Waals surface area contributed by atoms with Crippen LogP contribution < -0.4 is 0 Å². The molecular weight excluding hydrogens is 1570 g/mol. The Balaban J connectivity index is 0.655. The fourth-order valence-corrected chi connectivity index (χ4v) is 27.8. The van der Waals surface area contributed by atoms with Crippen LogP contribution in [0.3, 0.4) is 0 Å². The molecule has 0 unspecified atom stereocenters. The minimum Gasteiger partial charge on any atom is -0.135 e. The molecule has 0 aliphatic heterocycles. The molecule has 3 aliphatic carbocycles. The van der Waals surface area contributed by atoms with Gasteiger partial charge in [0.05, 0.1) is 0 Å². The maximum absolute atomic E-state index is 2.67. The van der Waals surface area contributed by atoms with E-state index < -0.39 is 16.2 Å². The zero-order valence-corrected chi connectivity index (χ0v) is 72.8. The Morgan fingerprint density at radius 2 is 0.365 bits per heavy atom. The van der Waals surface area contributed by atoms with Gasteiger partial charge in [0, 0.05) is 76.8 Å². The maximum Gasteiger partial charge on any atom is 0.0433 e. The molecule has 3 heterocycles. The van der Waals surface area contributed by atoms with Crippen molar-refractivity contribution in [3.05, 3.63) is 397 Å². The van der Waals surface area contributed by atoms with Crippen molar-refractivity contribution in [2.45, 2.75) is 57.8 Å². The second kappa shape index (κ2) is 25.5. The van der Waals surface area contributed by atoms with Crippen molar-refractivity contribution in [1.82, 2.24) is 0 Å². The molecule has 0 spiro atoms. The Morgan fingerprint density at radius 3 is 0.651 bits per heavy atom.